The maximum absolute atomic E-state index is 12.9. The van der Waals surface area contributed by atoms with Crippen molar-refractivity contribution in [2.45, 2.75) is 18.7 Å². The average Bonchev–Trinajstić information content (AvgIpc) is 2.74. The number of para-hydroxylation sites is 1. The molecule has 0 aliphatic rings. The van der Waals surface area contributed by atoms with Gasteiger partial charge in [-0.1, -0.05) is 12.1 Å². The van der Waals surface area contributed by atoms with Crippen molar-refractivity contribution in [1.82, 2.24) is 9.55 Å². The summed E-state index contributed by atoms with van der Waals surface area (Å²) in [5.41, 5.74) is 1.82. The van der Waals surface area contributed by atoms with Crippen LogP contribution < -0.4 is 5.56 Å². The van der Waals surface area contributed by atoms with E-state index in [1.54, 1.807) is 27.7 Å². The van der Waals surface area contributed by atoms with Crippen molar-refractivity contribution >= 4 is 45.5 Å². The van der Waals surface area contributed by atoms with Crippen molar-refractivity contribution < 1.29 is 0 Å². The summed E-state index contributed by atoms with van der Waals surface area (Å²) in [5, 5.41) is 0.738. The number of aryl methyl sites for hydroxylation is 2. The van der Waals surface area contributed by atoms with Crippen LogP contribution in [0.25, 0.3) is 15.9 Å². The Kier molecular flexibility index (Phi) is 3.77. The third-order valence-electron chi connectivity index (χ3n) is 3.55. The van der Waals surface area contributed by atoms with Crippen LogP contribution in [-0.4, -0.2) is 15.8 Å². The van der Waals surface area contributed by atoms with E-state index in [1.165, 1.54) is 0 Å². The number of thioether (sulfide) groups is 1. The zero-order valence-corrected chi connectivity index (χ0v) is 14.3. The van der Waals surface area contributed by atoms with Crippen LogP contribution in [0.3, 0.4) is 0 Å². The first-order valence-electron chi connectivity index (χ1n) is 6.43. The molecule has 0 radical (unpaired) electrons. The van der Waals surface area contributed by atoms with E-state index in [2.05, 4.69) is 4.98 Å². The normalized spacial score (nSPS) is 11.2. The number of fused-ring (bicyclic) bond motifs is 1. The van der Waals surface area contributed by atoms with Gasteiger partial charge in [-0.15, -0.1) is 23.1 Å². The first-order valence-corrected chi connectivity index (χ1v) is 8.88. The van der Waals surface area contributed by atoms with E-state index in [1.807, 2.05) is 44.4 Å². The first-order chi connectivity index (χ1) is 10.0. The second-order valence-corrected chi connectivity index (χ2v) is 7.19. The van der Waals surface area contributed by atoms with E-state index in [-0.39, 0.29) is 5.56 Å². The summed E-state index contributed by atoms with van der Waals surface area (Å²) in [6, 6.07) is 7.81. The highest BCUT2D eigenvalue weighted by Gasteiger charge is 2.15. The number of nitrogens with zero attached hydrogens (tertiary/aromatic N) is 1. The Hall–Kier alpha value is -1.37. The summed E-state index contributed by atoms with van der Waals surface area (Å²) < 4.78 is 2.04. The molecule has 1 N–H and O–H groups in total. The second kappa shape index (κ2) is 5.44. The molecular formula is C15H14N2OS3. The van der Waals surface area contributed by atoms with Gasteiger partial charge in [-0.3, -0.25) is 9.36 Å². The zero-order chi connectivity index (χ0) is 15.1. The molecule has 3 rings (SSSR count). The van der Waals surface area contributed by atoms with Gasteiger partial charge < -0.3 is 4.98 Å². The molecule has 0 fully saturated rings. The largest absolute Gasteiger partial charge is 0.323 e. The van der Waals surface area contributed by atoms with Crippen molar-refractivity contribution in [3.8, 4) is 5.69 Å². The molecule has 0 amide bonds. The predicted molar refractivity (Wildman–Crippen MR) is 93.9 cm³/mol. The van der Waals surface area contributed by atoms with Gasteiger partial charge in [0.25, 0.3) is 5.56 Å². The van der Waals surface area contributed by atoms with E-state index in [9.17, 15) is 4.79 Å². The predicted octanol–water partition coefficient (Wildman–Crippen LogP) is 4.45. The monoisotopic (exact) mass is 334 g/mol. The molecule has 3 aromatic rings. The molecule has 3 nitrogen and oxygen atoms in total. The van der Waals surface area contributed by atoms with Crippen LogP contribution >= 0.6 is 35.3 Å². The third-order valence-corrected chi connectivity index (χ3v) is 5.74. The summed E-state index contributed by atoms with van der Waals surface area (Å²) in [6.45, 7) is 4.01. The van der Waals surface area contributed by atoms with Gasteiger partial charge in [0.05, 0.1) is 11.1 Å². The zero-order valence-electron chi connectivity index (χ0n) is 11.9. The van der Waals surface area contributed by atoms with Crippen LogP contribution in [0.5, 0.6) is 0 Å². The van der Waals surface area contributed by atoms with Gasteiger partial charge in [-0.25, -0.2) is 0 Å². The van der Waals surface area contributed by atoms with Gasteiger partial charge in [0, 0.05) is 9.77 Å². The summed E-state index contributed by atoms with van der Waals surface area (Å²) in [5.74, 6) is 0. The Morgan fingerprint density at radius 2 is 2.00 bits per heavy atom. The van der Waals surface area contributed by atoms with Crippen molar-refractivity contribution in [3.63, 3.8) is 0 Å². The molecule has 0 saturated carbocycles. The third kappa shape index (κ3) is 2.27. The number of H-pyrrole nitrogens is 1. The van der Waals surface area contributed by atoms with Crippen molar-refractivity contribution in [2.75, 3.05) is 6.26 Å². The number of nitrogens with one attached hydrogen (secondary N) is 1. The molecule has 1 aromatic carbocycles. The molecule has 108 valence electrons. The molecule has 0 aliphatic heterocycles. The highest BCUT2D eigenvalue weighted by molar-refractivity contribution is 7.98. The van der Waals surface area contributed by atoms with E-state index in [0.717, 1.165) is 31.2 Å². The topological polar surface area (TPSA) is 37.8 Å². The Bertz CT molecular complexity index is 950. The molecule has 2 aromatic heterocycles. The fourth-order valence-corrected chi connectivity index (χ4v) is 4.35. The fraction of sp³-hybridized carbons (Fsp3) is 0.200. The molecule has 0 spiro atoms. The minimum absolute atomic E-state index is 0.0444. The summed E-state index contributed by atoms with van der Waals surface area (Å²) in [6.07, 6.45) is 2.00. The number of thiophene rings is 1. The number of benzene rings is 1. The van der Waals surface area contributed by atoms with Crippen LogP contribution in [-0.2, 0) is 0 Å². The summed E-state index contributed by atoms with van der Waals surface area (Å²) in [4.78, 5) is 19.2. The fourth-order valence-electron chi connectivity index (χ4n) is 2.36. The highest BCUT2D eigenvalue weighted by Crippen LogP contribution is 2.28. The highest BCUT2D eigenvalue weighted by atomic mass is 32.2. The number of hydrogen-bond donors (Lipinski definition) is 1. The number of hydrogen-bond acceptors (Lipinski definition) is 4. The molecule has 0 saturated heterocycles. The van der Waals surface area contributed by atoms with Gasteiger partial charge in [-0.2, -0.15) is 0 Å². The molecule has 2 heterocycles. The standard InChI is InChI=1S/C15H14N2OS3/c1-8-9(2)21-13-12(8)14(18)17(15(19)16-13)10-6-4-5-7-11(10)20-3/h4-7H,1-3H3,(H,16,19). The van der Waals surface area contributed by atoms with Gasteiger partial charge in [0.2, 0.25) is 0 Å². The van der Waals surface area contributed by atoms with E-state index in [4.69, 9.17) is 12.2 Å². The number of aromatic amines is 1. The van der Waals surface area contributed by atoms with Crippen LogP contribution in [0.1, 0.15) is 10.4 Å². The van der Waals surface area contributed by atoms with E-state index >= 15 is 0 Å². The second-order valence-electron chi connectivity index (χ2n) is 4.73. The van der Waals surface area contributed by atoms with E-state index < -0.39 is 0 Å². The molecule has 0 aliphatic carbocycles. The Morgan fingerprint density at radius 1 is 1.29 bits per heavy atom. The summed E-state index contributed by atoms with van der Waals surface area (Å²) >= 11 is 8.60. The maximum atomic E-state index is 12.9. The Labute approximate surface area is 135 Å². The lowest BCUT2D eigenvalue weighted by Crippen LogP contribution is -2.20. The Morgan fingerprint density at radius 3 is 2.71 bits per heavy atom. The van der Waals surface area contributed by atoms with Crippen LogP contribution in [0, 0.1) is 18.6 Å². The van der Waals surface area contributed by atoms with Gasteiger partial charge in [0.1, 0.15) is 4.83 Å². The minimum atomic E-state index is -0.0444. The molecule has 21 heavy (non-hydrogen) atoms. The van der Waals surface area contributed by atoms with Crippen LogP contribution in [0.15, 0.2) is 34.0 Å². The average molecular weight is 334 g/mol. The Balaban J connectivity index is 2.46. The molecular weight excluding hydrogens is 320 g/mol. The molecule has 0 bridgehead atoms. The quantitative estimate of drug-likeness (QED) is 0.556. The SMILES string of the molecule is CSc1ccccc1-n1c(=S)[nH]c2sc(C)c(C)c2c1=O. The number of aromatic nitrogens is 2. The molecule has 6 heteroatoms. The lowest BCUT2D eigenvalue weighted by molar-refractivity contribution is 0.921. The lowest BCUT2D eigenvalue weighted by Gasteiger charge is -2.10. The minimum Gasteiger partial charge on any atom is -0.323 e. The van der Waals surface area contributed by atoms with Crippen LogP contribution in [0.2, 0.25) is 0 Å². The van der Waals surface area contributed by atoms with Crippen LogP contribution in [0.4, 0.5) is 0 Å². The van der Waals surface area contributed by atoms with Gasteiger partial charge in [-0.05, 0) is 50.0 Å². The smallest absolute Gasteiger partial charge is 0.267 e. The molecule has 0 atom stereocenters. The lowest BCUT2D eigenvalue weighted by atomic mass is 10.2. The van der Waals surface area contributed by atoms with E-state index in [0.29, 0.717) is 4.77 Å². The van der Waals surface area contributed by atoms with Gasteiger partial charge in [0.15, 0.2) is 4.77 Å². The van der Waals surface area contributed by atoms with Crippen molar-refractivity contribution in [2.24, 2.45) is 0 Å². The summed E-state index contributed by atoms with van der Waals surface area (Å²) in [7, 11) is 0. The maximum Gasteiger partial charge on any atom is 0.267 e. The number of rotatable bonds is 2. The van der Waals surface area contributed by atoms with Crippen molar-refractivity contribution in [3.05, 3.63) is 49.8 Å². The van der Waals surface area contributed by atoms with Crippen molar-refractivity contribution in [1.29, 1.82) is 0 Å². The van der Waals surface area contributed by atoms with Gasteiger partial charge >= 0.3 is 0 Å². The first kappa shape index (κ1) is 14.6. The molecule has 0 unspecified atom stereocenters.